The Bertz CT molecular complexity index is 317. The molecule has 1 atom stereocenters. The van der Waals surface area contributed by atoms with Crippen LogP contribution in [0, 0.1) is 0 Å². The number of nitrogens with one attached hydrogen (secondary N) is 2. The van der Waals surface area contributed by atoms with Crippen molar-refractivity contribution in [3.05, 3.63) is 18.5 Å². The molecule has 0 bridgehead atoms. The summed E-state index contributed by atoms with van der Waals surface area (Å²) < 4.78 is 1.81. The standard InChI is InChI=1S/C11H18N4O/c16-11(10-4-1-2-5-12-10)13-7-9-15-8-3-6-14-15/h3,6,8,10,12H,1-2,4-5,7,9H2,(H,13,16)/t10-/m0/s1. The number of hydrogen-bond acceptors (Lipinski definition) is 3. The Morgan fingerprint density at radius 3 is 3.19 bits per heavy atom. The lowest BCUT2D eigenvalue weighted by molar-refractivity contribution is -0.123. The van der Waals surface area contributed by atoms with Gasteiger partial charge in [-0.1, -0.05) is 6.42 Å². The third-order valence-corrected chi connectivity index (χ3v) is 2.83. The van der Waals surface area contributed by atoms with E-state index in [2.05, 4.69) is 15.7 Å². The summed E-state index contributed by atoms with van der Waals surface area (Å²) in [5.74, 6) is 0.117. The Hall–Kier alpha value is -1.36. The number of amides is 1. The Kier molecular flexibility index (Phi) is 3.93. The second-order valence-corrected chi connectivity index (χ2v) is 4.06. The lowest BCUT2D eigenvalue weighted by Crippen LogP contribution is -2.47. The van der Waals surface area contributed by atoms with E-state index in [-0.39, 0.29) is 11.9 Å². The van der Waals surface area contributed by atoms with Gasteiger partial charge in [-0.2, -0.15) is 5.10 Å². The second-order valence-electron chi connectivity index (χ2n) is 4.06. The van der Waals surface area contributed by atoms with Crippen molar-refractivity contribution in [2.24, 2.45) is 0 Å². The number of carbonyl (C=O) groups is 1. The molecule has 2 N–H and O–H groups in total. The molecular weight excluding hydrogens is 204 g/mol. The number of nitrogens with zero attached hydrogens (tertiary/aromatic N) is 2. The maximum Gasteiger partial charge on any atom is 0.237 e. The fraction of sp³-hybridized carbons (Fsp3) is 0.636. The van der Waals surface area contributed by atoms with Crippen molar-refractivity contribution >= 4 is 5.91 Å². The molecule has 1 aliphatic heterocycles. The highest BCUT2D eigenvalue weighted by Crippen LogP contribution is 2.06. The van der Waals surface area contributed by atoms with E-state index < -0.39 is 0 Å². The second kappa shape index (κ2) is 5.65. The fourth-order valence-electron chi connectivity index (χ4n) is 1.93. The molecule has 2 rings (SSSR count). The van der Waals surface area contributed by atoms with Gasteiger partial charge >= 0.3 is 0 Å². The van der Waals surface area contributed by atoms with Crippen molar-refractivity contribution in [3.8, 4) is 0 Å². The normalized spacial score (nSPS) is 20.6. The summed E-state index contributed by atoms with van der Waals surface area (Å²) in [5, 5.41) is 10.2. The third kappa shape index (κ3) is 3.06. The number of piperidine rings is 1. The van der Waals surface area contributed by atoms with Crippen LogP contribution in [-0.2, 0) is 11.3 Å². The summed E-state index contributed by atoms with van der Waals surface area (Å²) in [5.41, 5.74) is 0. The first-order valence-electron chi connectivity index (χ1n) is 5.85. The van der Waals surface area contributed by atoms with E-state index in [9.17, 15) is 4.79 Å². The van der Waals surface area contributed by atoms with Gasteiger partial charge in [0.15, 0.2) is 0 Å². The monoisotopic (exact) mass is 222 g/mol. The van der Waals surface area contributed by atoms with E-state index >= 15 is 0 Å². The van der Waals surface area contributed by atoms with Crippen molar-refractivity contribution in [2.45, 2.75) is 31.8 Å². The molecule has 0 unspecified atom stereocenters. The van der Waals surface area contributed by atoms with E-state index in [0.717, 1.165) is 25.9 Å². The maximum absolute atomic E-state index is 11.7. The molecule has 0 spiro atoms. The van der Waals surface area contributed by atoms with Gasteiger partial charge in [0.2, 0.25) is 5.91 Å². The van der Waals surface area contributed by atoms with Gasteiger partial charge in [-0.25, -0.2) is 0 Å². The number of hydrogen-bond donors (Lipinski definition) is 2. The van der Waals surface area contributed by atoms with E-state index in [1.54, 1.807) is 6.20 Å². The van der Waals surface area contributed by atoms with Gasteiger partial charge in [-0.05, 0) is 25.5 Å². The van der Waals surface area contributed by atoms with E-state index in [1.165, 1.54) is 6.42 Å². The molecule has 1 fully saturated rings. The summed E-state index contributed by atoms with van der Waals surface area (Å²) in [6, 6.07) is 1.89. The van der Waals surface area contributed by atoms with Crippen LogP contribution < -0.4 is 10.6 Å². The van der Waals surface area contributed by atoms with Crippen molar-refractivity contribution in [3.63, 3.8) is 0 Å². The molecule has 1 saturated heterocycles. The van der Waals surface area contributed by atoms with E-state index in [0.29, 0.717) is 6.54 Å². The van der Waals surface area contributed by atoms with Gasteiger partial charge in [0.05, 0.1) is 12.6 Å². The highest BCUT2D eigenvalue weighted by molar-refractivity contribution is 5.81. The molecule has 5 nitrogen and oxygen atoms in total. The highest BCUT2D eigenvalue weighted by Gasteiger charge is 2.19. The summed E-state index contributed by atoms with van der Waals surface area (Å²) in [6.45, 7) is 2.32. The molecule has 1 aromatic heterocycles. The number of rotatable bonds is 4. The minimum absolute atomic E-state index is 0.00590. The highest BCUT2D eigenvalue weighted by atomic mass is 16.2. The molecule has 0 saturated carbocycles. The Morgan fingerprint density at radius 1 is 1.56 bits per heavy atom. The van der Waals surface area contributed by atoms with Crippen LogP contribution in [-0.4, -0.2) is 34.8 Å². The van der Waals surface area contributed by atoms with Crippen LogP contribution in [0.25, 0.3) is 0 Å². The largest absolute Gasteiger partial charge is 0.353 e. The molecule has 0 radical (unpaired) electrons. The van der Waals surface area contributed by atoms with Crippen LogP contribution in [0.1, 0.15) is 19.3 Å². The molecule has 0 aliphatic carbocycles. The smallest absolute Gasteiger partial charge is 0.237 e. The molecule has 1 aliphatic rings. The first kappa shape index (κ1) is 11.1. The first-order valence-corrected chi connectivity index (χ1v) is 5.85. The zero-order chi connectivity index (χ0) is 11.2. The van der Waals surface area contributed by atoms with Crippen LogP contribution in [0.4, 0.5) is 0 Å². The van der Waals surface area contributed by atoms with Gasteiger partial charge in [0, 0.05) is 18.9 Å². The molecule has 5 heteroatoms. The van der Waals surface area contributed by atoms with Gasteiger partial charge in [-0.3, -0.25) is 9.48 Å². The van der Waals surface area contributed by atoms with Gasteiger partial charge in [-0.15, -0.1) is 0 Å². The van der Waals surface area contributed by atoms with Crippen LogP contribution >= 0.6 is 0 Å². The lowest BCUT2D eigenvalue weighted by atomic mass is 10.0. The number of aromatic nitrogens is 2. The van der Waals surface area contributed by atoms with Gasteiger partial charge in [0.1, 0.15) is 0 Å². The van der Waals surface area contributed by atoms with Gasteiger partial charge in [0.25, 0.3) is 0 Å². The average molecular weight is 222 g/mol. The van der Waals surface area contributed by atoms with Crippen LogP contribution in [0.3, 0.4) is 0 Å². The summed E-state index contributed by atoms with van der Waals surface area (Å²) in [6.07, 6.45) is 6.91. The molecule has 0 aromatic carbocycles. The Morgan fingerprint density at radius 2 is 2.50 bits per heavy atom. The molecule has 2 heterocycles. The van der Waals surface area contributed by atoms with Gasteiger partial charge < -0.3 is 10.6 Å². The lowest BCUT2D eigenvalue weighted by Gasteiger charge is -2.22. The topological polar surface area (TPSA) is 59.0 Å². The van der Waals surface area contributed by atoms with Crippen molar-refractivity contribution in [2.75, 3.05) is 13.1 Å². The molecular formula is C11H18N4O. The van der Waals surface area contributed by atoms with Crippen LogP contribution in [0.15, 0.2) is 18.5 Å². The van der Waals surface area contributed by atoms with Crippen LogP contribution in [0.5, 0.6) is 0 Å². The third-order valence-electron chi connectivity index (χ3n) is 2.83. The quantitative estimate of drug-likeness (QED) is 0.762. The SMILES string of the molecule is O=C(NCCn1cccn1)[C@@H]1CCCCN1. The predicted molar refractivity (Wildman–Crippen MR) is 60.9 cm³/mol. The maximum atomic E-state index is 11.7. The summed E-state index contributed by atoms with van der Waals surface area (Å²) in [7, 11) is 0. The fourth-order valence-corrected chi connectivity index (χ4v) is 1.93. The molecule has 1 aromatic rings. The minimum Gasteiger partial charge on any atom is -0.353 e. The predicted octanol–water partition coefficient (Wildman–Crippen LogP) is 0.141. The first-order chi connectivity index (χ1) is 7.86. The molecule has 16 heavy (non-hydrogen) atoms. The molecule has 88 valence electrons. The zero-order valence-electron chi connectivity index (χ0n) is 9.35. The van der Waals surface area contributed by atoms with Crippen molar-refractivity contribution in [1.82, 2.24) is 20.4 Å². The van der Waals surface area contributed by atoms with Crippen LogP contribution in [0.2, 0.25) is 0 Å². The van der Waals surface area contributed by atoms with Crippen molar-refractivity contribution < 1.29 is 4.79 Å². The average Bonchev–Trinajstić information content (AvgIpc) is 2.83. The van der Waals surface area contributed by atoms with E-state index in [1.807, 2.05) is 16.9 Å². The molecule has 1 amide bonds. The summed E-state index contributed by atoms with van der Waals surface area (Å²) >= 11 is 0. The summed E-state index contributed by atoms with van der Waals surface area (Å²) in [4.78, 5) is 11.7. The Labute approximate surface area is 95.2 Å². The minimum atomic E-state index is 0.00590. The number of carbonyl (C=O) groups excluding carboxylic acids is 1. The Balaban J connectivity index is 1.67. The van der Waals surface area contributed by atoms with Crippen molar-refractivity contribution in [1.29, 1.82) is 0 Å². The zero-order valence-corrected chi connectivity index (χ0v) is 9.35. The van der Waals surface area contributed by atoms with E-state index in [4.69, 9.17) is 0 Å².